The van der Waals surface area contributed by atoms with Crippen molar-refractivity contribution in [3.8, 4) is 11.3 Å². The standard InChI is InChI=1S/C8H8N5.3C4H9.Sn/c1-13-3-2-7(12-13)6-4-10-8(9)11-5-6;3*1-3-4-2;/h2-4H,1H3,(H2,9,10,11);3*1,3-4H2,2H3;. The number of hydrogen-bond acceptors (Lipinski definition) is 4. The molecule has 2 heterocycles. The SMILES string of the molecule is CCC[CH2][Sn]([CH2]CCC)([CH2]CCC)[c]1nc(N)ncc1-c1ccn(C)n1. The maximum absolute atomic E-state index is 6.08. The molecule has 0 aromatic carbocycles. The molecule has 0 saturated carbocycles. The quantitative estimate of drug-likeness (QED) is 0.497. The van der Waals surface area contributed by atoms with E-state index in [1.165, 1.54) is 55.5 Å². The van der Waals surface area contributed by atoms with Crippen molar-refractivity contribution >= 4 is 28.0 Å². The Kier molecular flexibility index (Phi) is 8.38. The number of rotatable bonds is 11. The Morgan fingerprint density at radius 2 is 1.58 bits per heavy atom. The van der Waals surface area contributed by atoms with Crippen LogP contribution in [0.25, 0.3) is 11.3 Å². The van der Waals surface area contributed by atoms with Gasteiger partial charge in [0.05, 0.1) is 0 Å². The molecule has 2 aromatic rings. The predicted molar refractivity (Wildman–Crippen MR) is 113 cm³/mol. The molecule has 144 valence electrons. The van der Waals surface area contributed by atoms with Crippen molar-refractivity contribution in [2.24, 2.45) is 7.05 Å². The van der Waals surface area contributed by atoms with E-state index < -0.39 is 18.4 Å². The van der Waals surface area contributed by atoms with Crippen LogP contribution in [0.15, 0.2) is 18.5 Å². The van der Waals surface area contributed by atoms with Crippen LogP contribution >= 0.6 is 0 Å². The third-order valence-electron chi connectivity index (χ3n) is 5.33. The zero-order chi connectivity index (χ0) is 19.0. The van der Waals surface area contributed by atoms with Crippen LogP contribution in [0.4, 0.5) is 5.95 Å². The van der Waals surface area contributed by atoms with Gasteiger partial charge < -0.3 is 0 Å². The second kappa shape index (κ2) is 10.3. The normalized spacial score (nSPS) is 11.8. The predicted octanol–water partition coefficient (Wildman–Crippen LogP) is 4.52. The van der Waals surface area contributed by atoms with E-state index in [1.807, 2.05) is 24.1 Å². The number of nitrogens with zero attached hydrogens (tertiary/aromatic N) is 4. The summed E-state index contributed by atoms with van der Waals surface area (Å²) in [5, 5.41) is 4.66. The second-order valence-corrected chi connectivity index (χ2v) is 20.4. The average molecular weight is 464 g/mol. The Morgan fingerprint density at radius 3 is 2.04 bits per heavy atom. The van der Waals surface area contributed by atoms with Crippen molar-refractivity contribution in [2.45, 2.75) is 72.6 Å². The van der Waals surface area contributed by atoms with Gasteiger partial charge in [0.25, 0.3) is 0 Å². The number of unbranched alkanes of at least 4 members (excludes halogenated alkanes) is 3. The average Bonchev–Trinajstić information content (AvgIpc) is 3.07. The number of aryl methyl sites for hydroxylation is 1. The van der Waals surface area contributed by atoms with Crippen molar-refractivity contribution in [3.05, 3.63) is 18.5 Å². The van der Waals surface area contributed by atoms with Gasteiger partial charge in [-0.05, 0) is 0 Å². The number of nitrogens with two attached hydrogens (primary N) is 1. The van der Waals surface area contributed by atoms with Crippen molar-refractivity contribution in [2.75, 3.05) is 5.73 Å². The van der Waals surface area contributed by atoms with E-state index >= 15 is 0 Å². The summed E-state index contributed by atoms with van der Waals surface area (Å²) in [6.45, 7) is 6.89. The van der Waals surface area contributed by atoms with Crippen LogP contribution in [0.3, 0.4) is 0 Å². The molecule has 0 aliphatic heterocycles. The van der Waals surface area contributed by atoms with Gasteiger partial charge in [-0.3, -0.25) is 0 Å². The molecule has 0 aliphatic rings. The number of anilines is 1. The van der Waals surface area contributed by atoms with Crippen LogP contribution in [0.2, 0.25) is 13.3 Å². The van der Waals surface area contributed by atoms with Crippen LogP contribution in [-0.4, -0.2) is 38.1 Å². The molecule has 2 aromatic heterocycles. The van der Waals surface area contributed by atoms with E-state index in [0.29, 0.717) is 5.95 Å². The summed E-state index contributed by atoms with van der Waals surface area (Å²) >= 11 is -2.70. The van der Waals surface area contributed by atoms with Gasteiger partial charge in [-0.2, -0.15) is 0 Å². The molecular formula is C20H35N5Sn. The van der Waals surface area contributed by atoms with Gasteiger partial charge in [-0.15, -0.1) is 0 Å². The summed E-state index contributed by atoms with van der Waals surface area (Å²) in [7, 11) is 1.96. The fraction of sp³-hybridized carbons (Fsp3) is 0.650. The molecule has 0 bridgehead atoms. The summed E-state index contributed by atoms with van der Waals surface area (Å²) in [6.07, 6.45) is 11.6. The third-order valence-corrected chi connectivity index (χ3v) is 20.5. The summed E-state index contributed by atoms with van der Waals surface area (Å²) < 4.78 is 7.27. The molecule has 5 nitrogen and oxygen atoms in total. The number of hydrogen-bond donors (Lipinski definition) is 1. The minimum absolute atomic E-state index is 0.422. The van der Waals surface area contributed by atoms with Crippen LogP contribution in [0.5, 0.6) is 0 Å². The molecule has 0 spiro atoms. The summed E-state index contributed by atoms with van der Waals surface area (Å²) in [6, 6.07) is 2.08. The van der Waals surface area contributed by atoms with Gasteiger partial charge in [0, 0.05) is 0 Å². The Hall–Kier alpha value is -1.11. The molecule has 0 unspecified atom stereocenters. The first-order chi connectivity index (χ1) is 12.6. The van der Waals surface area contributed by atoms with E-state index in [4.69, 9.17) is 10.7 Å². The monoisotopic (exact) mass is 465 g/mol. The first-order valence-electron chi connectivity index (χ1n) is 10.2. The summed E-state index contributed by atoms with van der Waals surface area (Å²) in [5.41, 5.74) is 8.21. The van der Waals surface area contributed by atoms with E-state index in [9.17, 15) is 0 Å². The molecular weight excluding hydrogens is 429 g/mol. The first kappa shape index (κ1) is 21.2. The van der Waals surface area contributed by atoms with Gasteiger partial charge in [0.1, 0.15) is 0 Å². The van der Waals surface area contributed by atoms with Crippen molar-refractivity contribution in [1.82, 2.24) is 19.7 Å². The van der Waals surface area contributed by atoms with Gasteiger partial charge in [-0.1, -0.05) is 0 Å². The molecule has 0 aliphatic carbocycles. The van der Waals surface area contributed by atoms with Crippen LogP contribution in [0.1, 0.15) is 59.3 Å². The van der Waals surface area contributed by atoms with E-state index in [2.05, 4.69) is 36.9 Å². The van der Waals surface area contributed by atoms with Crippen molar-refractivity contribution < 1.29 is 0 Å². The van der Waals surface area contributed by atoms with Crippen LogP contribution in [-0.2, 0) is 7.05 Å². The zero-order valence-electron chi connectivity index (χ0n) is 17.0. The van der Waals surface area contributed by atoms with Crippen molar-refractivity contribution in [1.29, 1.82) is 0 Å². The maximum atomic E-state index is 6.08. The summed E-state index contributed by atoms with van der Waals surface area (Å²) in [4.78, 5) is 9.23. The van der Waals surface area contributed by atoms with Gasteiger partial charge in [-0.25, -0.2) is 0 Å². The van der Waals surface area contributed by atoms with Crippen LogP contribution in [0, 0.1) is 0 Å². The van der Waals surface area contributed by atoms with E-state index in [0.717, 1.165) is 11.3 Å². The van der Waals surface area contributed by atoms with Gasteiger partial charge in [0.15, 0.2) is 0 Å². The Bertz CT molecular complexity index is 661. The molecule has 0 fully saturated rings. The second-order valence-electron chi connectivity index (χ2n) is 7.46. The van der Waals surface area contributed by atoms with E-state index in [-0.39, 0.29) is 0 Å². The fourth-order valence-corrected chi connectivity index (χ4v) is 20.0. The fourth-order valence-electron chi connectivity index (χ4n) is 3.82. The molecule has 0 atom stereocenters. The molecule has 2 N–H and O–H groups in total. The zero-order valence-corrected chi connectivity index (χ0v) is 19.8. The van der Waals surface area contributed by atoms with Crippen molar-refractivity contribution in [3.63, 3.8) is 0 Å². The topological polar surface area (TPSA) is 69.6 Å². The Balaban J connectivity index is 2.58. The van der Waals surface area contributed by atoms with Gasteiger partial charge in [0.2, 0.25) is 0 Å². The molecule has 2 rings (SSSR count). The third kappa shape index (κ3) is 5.21. The molecule has 6 heteroatoms. The molecule has 0 saturated heterocycles. The Labute approximate surface area is 162 Å². The molecule has 0 amide bonds. The molecule has 0 radical (unpaired) electrons. The van der Waals surface area contributed by atoms with Crippen LogP contribution < -0.4 is 9.44 Å². The van der Waals surface area contributed by atoms with Gasteiger partial charge >= 0.3 is 163 Å². The molecule has 26 heavy (non-hydrogen) atoms. The number of aromatic nitrogens is 4. The Morgan fingerprint density at radius 1 is 1.00 bits per heavy atom. The van der Waals surface area contributed by atoms with E-state index in [1.54, 1.807) is 0 Å². The number of nitrogen functional groups attached to an aromatic ring is 1. The summed E-state index contributed by atoms with van der Waals surface area (Å²) in [5.74, 6) is 0.422. The first-order valence-corrected chi connectivity index (χ1v) is 17.7. The minimum atomic E-state index is -2.70.